The van der Waals surface area contributed by atoms with Crippen LogP contribution in [0.1, 0.15) is 29.5 Å². The second-order valence-corrected chi connectivity index (χ2v) is 10.00. The van der Waals surface area contributed by atoms with Crippen molar-refractivity contribution in [2.45, 2.75) is 49.6 Å². The van der Waals surface area contributed by atoms with Gasteiger partial charge in [0.15, 0.2) is 5.67 Å². The maximum atomic E-state index is 16.0. The number of ether oxygens (including phenoxy) is 2. The van der Waals surface area contributed by atoms with Gasteiger partial charge in [0, 0.05) is 11.8 Å². The molecule has 3 N–H and O–H groups in total. The highest BCUT2D eigenvalue weighted by Crippen LogP contribution is 2.69. The molecule has 0 saturated heterocycles. The van der Waals surface area contributed by atoms with Crippen LogP contribution in [0.25, 0.3) is 0 Å². The zero-order valence-corrected chi connectivity index (χ0v) is 19.3. The molecule has 2 fully saturated rings. The summed E-state index contributed by atoms with van der Waals surface area (Å²) < 4.78 is 27.6. The Hall–Kier alpha value is -2.12. The largest absolute Gasteiger partial charge is 0.480 e. The van der Waals surface area contributed by atoms with E-state index in [1.807, 2.05) is 12.1 Å². The molecule has 3 aliphatic carbocycles. The molecule has 174 valence electrons. The van der Waals surface area contributed by atoms with Crippen LogP contribution in [0.4, 0.5) is 4.39 Å². The summed E-state index contributed by atoms with van der Waals surface area (Å²) in [6, 6.07) is 10.7. The molecule has 0 radical (unpaired) electrons. The average molecular weight is 492 g/mol. The van der Waals surface area contributed by atoms with Crippen molar-refractivity contribution in [3.63, 3.8) is 0 Å². The van der Waals surface area contributed by atoms with Crippen LogP contribution in [0, 0.1) is 11.8 Å². The molecule has 8 heteroatoms. The first kappa shape index (κ1) is 22.7. The number of nitrogens with two attached hydrogens (primary N) is 1. The SMILES string of the molecule is C=C(Oc1ccc2c(c1)CCC2)C1(F)C2CC(OCc3ccc(Cl)c(Cl)c3)C(N)(C(=O)O)C21. The van der Waals surface area contributed by atoms with Gasteiger partial charge in [0.25, 0.3) is 0 Å². The van der Waals surface area contributed by atoms with E-state index in [2.05, 4.69) is 6.58 Å². The van der Waals surface area contributed by atoms with Crippen LogP contribution in [-0.4, -0.2) is 28.4 Å². The van der Waals surface area contributed by atoms with Crippen LogP contribution in [0.5, 0.6) is 5.75 Å². The highest BCUT2D eigenvalue weighted by atomic mass is 35.5. The Morgan fingerprint density at radius 2 is 1.94 bits per heavy atom. The summed E-state index contributed by atoms with van der Waals surface area (Å²) in [5.74, 6) is -2.52. The van der Waals surface area contributed by atoms with Gasteiger partial charge in [-0.25, -0.2) is 4.39 Å². The Balaban J connectivity index is 1.30. The molecular formula is C25H24Cl2FNO4. The molecule has 2 aromatic carbocycles. The summed E-state index contributed by atoms with van der Waals surface area (Å²) in [5, 5.41) is 10.7. The van der Waals surface area contributed by atoms with Crippen LogP contribution in [0.2, 0.25) is 10.0 Å². The number of allylic oxidation sites excluding steroid dienone is 1. The molecule has 2 aromatic rings. The van der Waals surface area contributed by atoms with Gasteiger partial charge in [0.05, 0.1) is 22.8 Å². The van der Waals surface area contributed by atoms with Gasteiger partial charge in [-0.2, -0.15) is 0 Å². The lowest BCUT2D eigenvalue weighted by molar-refractivity contribution is -0.152. The minimum Gasteiger partial charge on any atom is -0.480 e. The molecule has 2 saturated carbocycles. The molecule has 0 aliphatic heterocycles. The smallest absolute Gasteiger partial charge is 0.326 e. The topological polar surface area (TPSA) is 81.8 Å². The summed E-state index contributed by atoms with van der Waals surface area (Å²) in [5.41, 5.74) is 5.59. The van der Waals surface area contributed by atoms with Crippen LogP contribution in [0.3, 0.4) is 0 Å². The fourth-order valence-corrected chi connectivity index (χ4v) is 5.87. The third-order valence-electron chi connectivity index (χ3n) is 7.34. The highest BCUT2D eigenvalue weighted by molar-refractivity contribution is 6.42. The van der Waals surface area contributed by atoms with E-state index in [0.717, 1.165) is 19.3 Å². The molecule has 0 aromatic heterocycles. The van der Waals surface area contributed by atoms with E-state index in [4.69, 9.17) is 38.4 Å². The minimum atomic E-state index is -2.02. The first-order valence-electron chi connectivity index (χ1n) is 10.9. The molecule has 3 aliphatic rings. The van der Waals surface area contributed by atoms with Gasteiger partial charge in [-0.3, -0.25) is 4.79 Å². The number of alkyl halides is 1. The summed E-state index contributed by atoms with van der Waals surface area (Å²) in [4.78, 5) is 12.2. The number of rotatable bonds is 7. The quantitative estimate of drug-likeness (QED) is 0.526. The van der Waals surface area contributed by atoms with Crippen molar-refractivity contribution < 1.29 is 23.8 Å². The monoisotopic (exact) mass is 491 g/mol. The number of hydrogen-bond donors (Lipinski definition) is 2. The normalized spacial score (nSPS) is 31.7. The number of carboxylic acid groups (broad SMARTS) is 1. The molecule has 0 spiro atoms. The molecule has 5 unspecified atom stereocenters. The molecule has 0 bridgehead atoms. The molecule has 5 rings (SSSR count). The van der Waals surface area contributed by atoms with Gasteiger partial charge in [0.2, 0.25) is 0 Å². The van der Waals surface area contributed by atoms with Crippen LogP contribution < -0.4 is 10.5 Å². The first-order valence-corrected chi connectivity index (χ1v) is 11.7. The van der Waals surface area contributed by atoms with Gasteiger partial charge >= 0.3 is 5.97 Å². The number of halogens is 3. The Labute approximate surface area is 201 Å². The van der Waals surface area contributed by atoms with Crippen molar-refractivity contribution >= 4 is 29.2 Å². The lowest BCUT2D eigenvalue weighted by Crippen LogP contribution is -2.60. The van der Waals surface area contributed by atoms with Crippen molar-refractivity contribution in [3.05, 3.63) is 75.5 Å². The van der Waals surface area contributed by atoms with Crippen molar-refractivity contribution in [2.75, 3.05) is 0 Å². The van der Waals surface area contributed by atoms with Gasteiger partial charge in [-0.05, 0) is 66.6 Å². The van der Waals surface area contributed by atoms with Gasteiger partial charge in [0.1, 0.15) is 17.0 Å². The van der Waals surface area contributed by atoms with Crippen molar-refractivity contribution in [1.82, 2.24) is 0 Å². The minimum absolute atomic E-state index is 0.0824. The van der Waals surface area contributed by atoms with Crippen LogP contribution in [-0.2, 0) is 29.0 Å². The second kappa shape index (κ2) is 7.98. The van der Waals surface area contributed by atoms with Gasteiger partial charge in [-0.15, -0.1) is 0 Å². The Morgan fingerprint density at radius 3 is 2.67 bits per heavy atom. The molecule has 0 amide bonds. The number of benzene rings is 2. The Morgan fingerprint density at radius 1 is 1.18 bits per heavy atom. The van der Waals surface area contributed by atoms with Crippen molar-refractivity contribution in [2.24, 2.45) is 17.6 Å². The molecular weight excluding hydrogens is 468 g/mol. The molecule has 5 nitrogen and oxygen atoms in total. The fraction of sp³-hybridized carbons (Fsp3) is 0.400. The molecule has 5 atom stereocenters. The molecule has 33 heavy (non-hydrogen) atoms. The number of aliphatic carboxylic acids is 1. The third-order valence-corrected chi connectivity index (χ3v) is 8.08. The predicted molar refractivity (Wildman–Crippen MR) is 123 cm³/mol. The number of aryl methyl sites for hydroxylation is 2. The van der Waals surface area contributed by atoms with Gasteiger partial charge < -0.3 is 20.3 Å². The summed E-state index contributed by atoms with van der Waals surface area (Å²) in [6.07, 6.45) is 2.38. The maximum Gasteiger partial charge on any atom is 0.326 e. The zero-order valence-electron chi connectivity index (χ0n) is 17.8. The second-order valence-electron chi connectivity index (χ2n) is 9.18. The van der Waals surface area contributed by atoms with Crippen LogP contribution >= 0.6 is 23.2 Å². The summed E-state index contributed by atoms with van der Waals surface area (Å²) >= 11 is 12.0. The van der Waals surface area contributed by atoms with E-state index < -0.39 is 35.1 Å². The van der Waals surface area contributed by atoms with Crippen molar-refractivity contribution in [1.29, 1.82) is 0 Å². The fourth-order valence-electron chi connectivity index (χ4n) is 5.55. The summed E-state index contributed by atoms with van der Waals surface area (Å²) in [7, 11) is 0. The average Bonchev–Trinajstić information content (AvgIpc) is 3.06. The molecule has 0 heterocycles. The standard InChI is InChI=1S/C25H24Cl2FNO4/c1-13(33-17-7-6-15-3-2-4-16(15)10-17)24(28)18-11-21(25(29,22(18)24)23(30)31)32-12-14-5-8-19(26)20(27)9-14/h5-10,18,21-22H,1-4,11-12,29H2,(H,30,31). The maximum absolute atomic E-state index is 16.0. The van der Waals surface area contributed by atoms with Crippen molar-refractivity contribution in [3.8, 4) is 5.75 Å². The number of carbonyl (C=O) groups is 1. The third kappa shape index (κ3) is 3.55. The van der Waals surface area contributed by atoms with E-state index in [-0.39, 0.29) is 18.8 Å². The van der Waals surface area contributed by atoms with E-state index in [0.29, 0.717) is 21.4 Å². The Bertz CT molecular complexity index is 1160. The van der Waals surface area contributed by atoms with E-state index in [9.17, 15) is 9.90 Å². The van der Waals surface area contributed by atoms with E-state index >= 15 is 4.39 Å². The van der Waals surface area contributed by atoms with E-state index in [1.54, 1.807) is 24.3 Å². The Kier molecular flexibility index (Phi) is 5.48. The predicted octanol–water partition coefficient (Wildman–Crippen LogP) is 5.10. The lowest BCUT2D eigenvalue weighted by atomic mass is 9.87. The summed E-state index contributed by atoms with van der Waals surface area (Å²) in [6.45, 7) is 3.89. The number of fused-ring (bicyclic) bond motifs is 2. The van der Waals surface area contributed by atoms with Crippen LogP contribution in [0.15, 0.2) is 48.7 Å². The lowest BCUT2D eigenvalue weighted by Gasteiger charge is -2.33. The van der Waals surface area contributed by atoms with E-state index in [1.165, 1.54) is 11.1 Å². The van der Waals surface area contributed by atoms with Gasteiger partial charge in [-0.1, -0.05) is 41.9 Å². The first-order chi connectivity index (χ1) is 15.7. The highest BCUT2D eigenvalue weighted by Gasteiger charge is 2.83. The number of hydrogen-bond acceptors (Lipinski definition) is 4. The zero-order chi connectivity index (χ0) is 23.5. The number of carboxylic acids is 1.